The molecule has 0 radical (unpaired) electrons. The molecule has 0 spiro atoms. The van der Waals surface area contributed by atoms with Crippen molar-refractivity contribution in [2.45, 2.75) is 19.5 Å². The number of benzene rings is 1. The summed E-state index contributed by atoms with van der Waals surface area (Å²) in [7, 11) is 1.70. The largest absolute Gasteiger partial charge is 0.453 e. The average Bonchev–Trinajstić information content (AvgIpc) is 3.09. The van der Waals surface area contributed by atoms with Gasteiger partial charge in [0.05, 0.1) is 6.42 Å². The van der Waals surface area contributed by atoms with E-state index in [-0.39, 0.29) is 18.1 Å². The van der Waals surface area contributed by atoms with Crippen molar-refractivity contribution in [2.24, 2.45) is 0 Å². The number of rotatable bonds is 2. The Bertz CT molecular complexity index is 1040. The van der Waals surface area contributed by atoms with Crippen LogP contribution in [0.15, 0.2) is 24.3 Å². The van der Waals surface area contributed by atoms with Crippen molar-refractivity contribution in [3.05, 3.63) is 41.3 Å². The van der Waals surface area contributed by atoms with Gasteiger partial charge in [-0.25, -0.2) is 4.98 Å². The van der Waals surface area contributed by atoms with Crippen LogP contribution in [-0.2, 0) is 17.4 Å². The highest BCUT2D eigenvalue weighted by Crippen LogP contribution is 2.32. The Hall–Kier alpha value is -3.17. The molecule has 4 rings (SSSR count). The molecule has 134 valence electrons. The van der Waals surface area contributed by atoms with Crippen molar-refractivity contribution >= 4 is 28.9 Å². The van der Waals surface area contributed by atoms with E-state index in [4.69, 9.17) is 0 Å². The molecule has 0 atom stereocenters. The number of halogens is 3. The quantitative estimate of drug-likeness (QED) is 0.759. The second-order valence-corrected chi connectivity index (χ2v) is 6.03. The molecular formula is C16H13F3N6O. The van der Waals surface area contributed by atoms with Gasteiger partial charge in [0.2, 0.25) is 5.91 Å². The number of aromatic nitrogens is 4. The van der Waals surface area contributed by atoms with E-state index in [1.807, 2.05) is 0 Å². The lowest BCUT2D eigenvalue weighted by atomic mass is 10.1. The average molecular weight is 362 g/mol. The number of likely N-dealkylation sites (N-methyl/N-ethyl adjacent to an activating group) is 1. The molecule has 0 aliphatic carbocycles. The number of alkyl halides is 3. The zero-order chi connectivity index (χ0) is 18.6. The molecule has 0 fully saturated rings. The molecule has 0 saturated heterocycles. The summed E-state index contributed by atoms with van der Waals surface area (Å²) in [6.07, 6.45) is -4.37. The second-order valence-electron chi connectivity index (χ2n) is 6.03. The van der Waals surface area contributed by atoms with E-state index in [2.05, 4.69) is 20.4 Å². The number of fused-ring (bicyclic) bond motifs is 2. The summed E-state index contributed by atoms with van der Waals surface area (Å²) in [5.41, 5.74) is 2.79. The molecule has 7 nitrogen and oxygen atoms in total. The fraction of sp³-hybridized carbons (Fsp3) is 0.250. The van der Waals surface area contributed by atoms with Crippen LogP contribution < -0.4 is 10.2 Å². The third-order valence-electron chi connectivity index (χ3n) is 4.12. The number of carbonyl (C=O) groups excluding carboxylic acids is 1. The van der Waals surface area contributed by atoms with Gasteiger partial charge in [0, 0.05) is 30.2 Å². The van der Waals surface area contributed by atoms with Crippen molar-refractivity contribution < 1.29 is 18.0 Å². The summed E-state index contributed by atoms with van der Waals surface area (Å²) >= 11 is 0. The second kappa shape index (κ2) is 5.41. The summed E-state index contributed by atoms with van der Waals surface area (Å²) in [6.45, 7) is 1.66. The maximum Gasteiger partial charge on any atom is 0.453 e. The number of amides is 1. The van der Waals surface area contributed by atoms with E-state index in [1.165, 1.54) is 0 Å². The molecule has 3 heterocycles. The Morgan fingerprint density at radius 3 is 2.69 bits per heavy atom. The molecule has 0 saturated carbocycles. The van der Waals surface area contributed by atoms with Crippen molar-refractivity contribution in [1.29, 1.82) is 0 Å². The molecule has 0 unspecified atom stereocenters. The Morgan fingerprint density at radius 1 is 1.19 bits per heavy atom. The molecule has 2 aromatic heterocycles. The van der Waals surface area contributed by atoms with Crippen molar-refractivity contribution in [2.75, 3.05) is 17.3 Å². The van der Waals surface area contributed by atoms with Crippen molar-refractivity contribution in [1.82, 2.24) is 19.6 Å². The topological polar surface area (TPSA) is 75.4 Å². The van der Waals surface area contributed by atoms with Gasteiger partial charge < -0.3 is 10.2 Å². The molecule has 10 heteroatoms. The van der Waals surface area contributed by atoms with Crippen molar-refractivity contribution in [3.8, 4) is 0 Å². The van der Waals surface area contributed by atoms with E-state index in [9.17, 15) is 18.0 Å². The minimum Gasteiger partial charge on any atom is -0.340 e. The van der Waals surface area contributed by atoms with Gasteiger partial charge in [0.15, 0.2) is 0 Å². The third-order valence-corrected chi connectivity index (χ3v) is 4.12. The standard InChI is InChI=1S/C16H13F3N6O/c1-8-5-12(25-15(20-8)22-14(23-25)16(17,18)19)21-10-3-4-11-9(6-10)7-13(26)24(11)2/h3-6,21H,7H2,1-2H3. The predicted octanol–water partition coefficient (Wildman–Crippen LogP) is 2.71. The molecule has 1 aliphatic rings. The normalized spacial score (nSPS) is 14.2. The Balaban J connectivity index is 1.75. The first-order chi connectivity index (χ1) is 12.2. The van der Waals surface area contributed by atoms with Crippen LogP contribution in [0.3, 0.4) is 0 Å². The van der Waals surface area contributed by atoms with Crippen LogP contribution >= 0.6 is 0 Å². The fourth-order valence-corrected chi connectivity index (χ4v) is 2.89. The maximum absolute atomic E-state index is 12.9. The van der Waals surface area contributed by atoms with Gasteiger partial charge in [-0.2, -0.15) is 22.7 Å². The predicted molar refractivity (Wildman–Crippen MR) is 87.4 cm³/mol. The molecule has 0 bridgehead atoms. The van der Waals surface area contributed by atoms with E-state index in [0.717, 1.165) is 15.8 Å². The van der Waals surface area contributed by atoms with E-state index in [0.29, 0.717) is 17.2 Å². The molecule has 1 N–H and O–H groups in total. The van der Waals surface area contributed by atoms with Crippen LogP contribution in [0.5, 0.6) is 0 Å². The van der Waals surface area contributed by atoms with Crippen LogP contribution in [0.25, 0.3) is 5.78 Å². The minimum absolute atomic E-state index is 0.00890. The SMILES string of the molecule is Cc1cc(Nc2ccc3c(c2)CC(=O)N3C)n2nc(C(F)(F)F)nc2n1. The van der Waals surface area contributed by atoms with E-state index in [1.54, 1.807) is 43.1 Å². The first kappa shape index (κ1) is 16.3. The van der Waals surface area contributed by atoms with E-state index < -0.39 is 12.0 Å². The Labute approximate surface area is 145 Å². The first-order valence-corrected chi connectivity index (χ1v) is 7.70. The minimum atomic E-state index is -4.66. The molecule has 1 aliphatic heterocycles. The highest BCUT2D eigenvalue weighted by Gasteiger charge is 2.37. The zero-order valence-corrected chi connectivity index (χ0v) is 13.8. The summed E-state index contributed by atoms with van der Waals surface area (Å²) in [5.74, 6) is -1.10. The van der Waals surface area contributed by atoms with Crippen LogP contribution in [0.1, 0.15) is 17.1 Å². The van der Waals surface area contributed by atoms with Gasteiger partial charge in [-0.1, -0.05) is 0 Å². The molecular weight excluding hydrogens is 349 g/mol. The van der Waals surface area contributed by atoms with Gasteiger partial charge >= 0.3 is 6.18 Å². The fourth-order valence-electron chi connectivity index (χ4n) is 2.89. The Kier molecular flexibility index (Phi) is 3.40. The smallest absolute Gasteiger partial charge is 0.340 e. The summed E-state index contributed by atoms with van der Waals surface area (Å²) < 4.78 is 39.7. The molecule has 3 aromatic rings. The number of aryl methyl sites for hydroxylation is 1. The number of hydrogen-bond donors (Lipinski definition) is 1. The lowest BCUT2D eigenvalue weighted by molar-refractivity contribution is -0.144. The number of nitrogens with zero attached hydrogens (tertiary/aromatic N) is 5. The summed E-state index contributed by atoms with van der Waals surface area (Å²) in [4.78, 5) is 20.8. The summed E-state index contributed by atoms with van der Waals surface area (Å²) in [6, 6.07) is 6.90. The zero-order valence-electron chi connectivity index (χ0n) is 13.8. The first-order valence-electron chi connectivity index (χ1n) is 7.70. The van der Waals surface area contributed by atoms with Crippen LogP contribution in [0.2, 0.25) is 0 Å². The molecule has 1 aromatic carbocycles. The van der Waals surface area contributed by atoms with Crippen LogP contribution in [0.4, 0.5) is 30.4 Å². The summed E-state index contributed by atoms with van der Waals surface area (Å²) in [5, 5.41) is 6.55. The van der Waals surface area contributed by atoms with Gasteiger partial charge in [0.1, 0.15) is 5.82 Å². The molecule has 1 amide bonds. The van der Waals surface area contributed by atoms with Crippen LogP contribution in [0, 0.1) is 6.92 Å². The van der Waals surface area contributed by atoms with Gasteiger partial charge in [0.25, 0.3) is 11.6 Å². The van der Waals surface area contributed by atoms with Gasteiger partial charge in [-0.3, -0.25) is 4.79 Å². The van der Waals surface area contributed by atoms with Gasteiger partial charge in [-0.05, 0) is 30.7 Å². The monoisotopic (exact) mass is 362 g/mol. The number of hydrogen-bond acceptors (Lipinski definition) is 5. The highest BCUT2D eigenvalue weighted by molar-refractivity contribution is 6.01. The lowest BCUT2D eigenvalue weighted by Crippen LogP contribution is -2.20. The lowest BCUT2D eigenvalue weighted by Gasteiger charge is -2.12. The Morgan fingerprint density at radius 2 is 1.96 bits per heavy atom. The van der Waals surface area contributed by atoms with Gasteiger partial charge in [-0.15, -0.1) is 5.10 Å². The number of anilines is 3. The molecule has 26 heavy (non-hydrogen) atoms. The maximum atomic E-state index is 12.9. The number of carbonyl (C=O) groups is 1. The number of nitrogens with one attached hydrogen (secondary N) is 1. The third kappa shape index (κ3) is 2.63. The van der Waals surface area contributed by atoms with E-state index >= 15 is 0 Å². The van der Waals surface area contributed by atoms with Crippen molar-refractivity contribution in [3.63, 3.8) is 0 Å². The van der Waals surface area contributed by atoms with Crippen LogP contribution in [-0.4, -0.2) is 32.5 Å². The highest BCUT2D eigenvalue weighted by atomic mass is 19.4.